The van der Waals surface area contributed by atoms with Gasteiger partial charge in [0.25, 0.3) is 0 Å². The zero-order valence-corrected chi connectivity index (χ0v) is 7.85. The Labute approximate surface area is 86.3 Å². The Morgan fingerprint density at radius 1 is 0.867 bits per heavy atom. The van der Waals surface area contributed by atoms with Crippen molar-refractivity contribution in [2.45, 2.75) is 0 Å². The van der Waals surface area contributed by atoms with E-state index in [1.165, 1.54) is 0 Å². The van der Waals surface area contributed by atoms with E-state index in [1.54, 1.807) is 0 Å². The molecule has 0 atom stereocenters. The lowest BCUT2D eigenvalue weighted by molar-refractivity contribution is 0.101. The summed E-state index contributed by atoms with van der Waals surface area (Å²) in [6, 6.07) is 0. The molecule has 0 heterocycles. The molecule has 82 valence electrons. The number of Topliss-reactive ketones (excluding diaryl/α,β-unsaturated/α-hetero) is 1. The van der Waals surface area contributed by atoms with Crippen molar-refractivity contribution in [2.24, 2.45) is 0 Å². The molecule has 0 spiro atoms. The third-order valence-electron chi connectivity index (χ3n) is 1.63. The van der Waals surface area contributed by atoms with Crippen LogP contribution in [0, 0.1) is 29.1 Å². The first-order chi connectivity index (χ1) is 6.91. The Bertz CT molecular complexity index is 403. The van der Waals surface area contributed by atoms with Crippen LogP contribution in [-0.2, 0) is 0 Å². The number of benzene rings is 1. The van der Waals surface area contributed by atoms with Crippen LogP contribution in [0.4, 0.5) is 22.0 Å². The zero-order valence-electron chi connectivity index (χ0n) is 6.95. The summed E-state index contributed by atoms with van der Waals surface area (Å²) in [6.45, 7) is 0. The average molecular weight is 242 g/mol. The average Bonchev–Trinajstić information content (AvgIpc) is 2.23. The molecule has 0 bridgehead atoms. The summed E-state index contributed by atoms with van der Waals surface area (Å²) in [5, 5.41) is 0. The normalized spacial score (nSPS) is 10.5. The van der Waals surface area contributed by atoms with Gasteiger partial charge >= 0.3 is 0 Å². The number of ketones is 1. The molecule has 0 aromatic heterocycles. The summed E-state index contributed by atoms with van der Waals surface area (Å²) >= 11 is 3.39. The van der Waals surface area contributed by atoms with Crippen LogP contribution in [0.5, 0.6) is 0 Å². The maximum atomic E-state index is 12.9. The van der Waals surface area contributed by atoms with Crippen LogP contribution in [0.25, 0.3) is 0 Å². The van der Waals surface area contributed by atoms with E-state index >= 15 is 0 Å². The summed E-state index contributed by atoms with van der Waals surface area (Å²) in [6.07, 6.45) is 0. The largest absolute Gasteiger partial charge is 0.293 e. The molecule has 0 unspecified atom stereocenters. The van der Waals surface area contributed by atoms with Gasteiger partial charge in [-0.2, -0.15) is 12.6 Å². The molecule has 0 aliphatic rings. The molecule has 0 amide bonds. The summed E-state index contributed by atoms with van der Waals surface area (Å²) in [7, 11) is 0. The molecule has 0 aliphatic carbocycles. The predicted octanol–water partition coefficient (Wildman–Crippen LogP) is 2.49. The lowest BCUT2D eigenvalue weighted by Gasteiger charge is -2.05. The maximum absolute atomic E-state index is 12.9. The second-order valence-electron chi connectivity index (χ2n) is 2.53. The number of carbonyl (C=O) groups is 1. The summed E-state index contributed by atoms with van der Waals surface area (Å²) < 4.78 is 63.4. The van der Waals surface area contributed by atoms with Crippen molar-refractivity contribution in [1.29, 1.82) is 0 Å². The molecule has 0 radical (unpaired) electrons. The number of carbonyl (C=O) groups excluding carboxylic acids is 1. The van der Waals surface area contributed by atoms with Crippen LogP contribution in [0.1, 0.15) is 10.4 Å². The second-order valence-corrected chi connectivity index (χ2v) is 2.84. The minimum absolute atomic E-state index is 0.654. The number of rotatable bonds is 2. The van der Waals surface area contributed by atoms with E-state index in [9.17, 15) is 26.7 Å². The van der Waals surface area contributed by atoms with Crippen molar-refractivity contribution in [1.82, 2.24) is 0 Å². The van der Waals surface area contributed by atoms with Crippen molar-refractivity contribution >= 4 is 18.4 Å². The Kier molecular flexibility index (Phi) is 3.33. The lowest BCUT2D eigenvalue weighted by Crippen LogP contribution is -2.13. The predicted molar refractivity (Wildman–Crippen MR) is 44.4 cm³/mol. The molecule has 0 fully saturated rings. The topological polar surface area (TPSA) is 17.1 Å². The minimum Gasteiger partial charge on any atom is -0.293 e. The Morgan fingerprint density at radius 2 is 1.20 bits per heavy atom. The molecule has 15 heavy (non-hydrogen) atoms. The highest BCUT2D eigenvalue weighted by Crippen LogP contribution is 2.23. The van der Waals surface area contributed by atoms with Gasteiger partial charge in [0.15, 0.2) is 29.1 Å². The quantitative estimate of drug-likeness (QED) is 0.277. The Balaban J connectivity index is 3.60. The molecular formula is C8H3F5OS. The van der Waals surface area contributed by atoms with Crippen LogP contribution in [-0.4, -0.2) is 11.5 Å². The van der Waals surface area contributed by atoms with Gasteiger partial charge in [-0.05, 0) is 0 Å². The fourth-order valence-electron chi connectivity index (χ4n) is 0.929. The van der Waals surface area contributed by atoms with Gasteiger partial charge in [-0.3, -0.25) is 4.79 Å². The van der Waals surface area contributed by atoms with E-state index in [4.69, 9.17) is 0 Å². The number of hydrogen-bond acceptors (Lipinski definition) is 2. The molecule has 7 heteroatoms. The first kappa shape index (κ1) is 12.0. The molecule has 1 rings (SSSR count). The minimum atomic E-state index is -2.29. The molecule has 0 saturated carbocycles. The van der Waals surface area contributed by atoms with E-state index < -0.39 is 46.2 Å². The van der Waals surface area contributed by atoms with Gasteiger partial charge in [-0.25, -0.2) is 22.0 Å². The Morgan fingerprint density at radius 3 is 1.53 bits per heavy atom. The molecule has 0 aliphatic heterocycles. The highest BCUT2D eigenvalue weighted by atomic mass is 32.1. The standard InChI is InChI=1S/C8H3F5OS/c9-4-3(2(14)1-15)5(10)7(12)8(13)6(4)11/h15H,1H2. The molecular weight excluding hydrogens is 239 g/mol. The van der Waals surface area contributed by atoms with Crippen molar-refractivity contribution in [3.05, 3.63) is 34.6 Å². The van der Waals surface area contributed by atoms with E-state index in [1.807, 2.05) is 0 Å². The second kappa shape index (κ2) is 4.18. The smallest absolute Gasteiger partial charge is 0.200 e. The van der Waals surface area contributed by atoms with Gasteiger partial charge in [0.1, 0.15) is 0 Å². The molecule has 1 aromatic carbocycles. The molecule has 0 N–H and O–H groups in total. The van der Waals surface area contributed by atoms with E-state index in [0.29, 0.717) is 0 Å². The number of hydrogen-bond donors (Lipinski definition) is 1. The van der Waals surface area contributed by atoms with Gasteiger partial charge in [-0.15, -0.1) is 0 Å². The zero-order chi connectivity index (χ0) is 11.7. The monoisotopic (exact) mass is 242 g/mol. The molecule has 0 saturated heterocycles. The van der Waals surface area contributed by atoms with Crippen molar-refractivity contribution in [2.75, 3.05) is 5.75 Å². The Hall–Kier alpha value is -1.11. The molecule has 1 nitrogen and oxygen atoms in total. The van der Waals surface area contributed by atoms with E-state index in [2.05, 4.69) is 12.6 Å². The van der Waals surface area contributed by atoms with Crippen molar-refractivity contribution in [3.8, 4) is 0 Å². The van der Waals surface area contributed by atoms with Gasteiger partial charge < -0.3 is 0 Å². The van der Waals surface area contributed by atoms with E-state index in [0.717, 1.165) is 0 Å². The van der Waals surface area contributed by atoms with Crippen molar-refractivity contribution < 1.29 is 26.7 Å². The summed E-state index contributed by atoms with van der Waals surface area (Å²) in [4.78, 5) is 10.9. The highest BCUT2D eigenvalue weighted by molar-refractivity contribution is 7.81. The SMILES string of the molecule is O=C(CS)c1c(F)c(F)c(F)c(F)c1F. The first-order valence-corrected chi connectivity index (χ1v) is 4.20. The lowest BCUT2D eigenvalue weighted by atomic mass is 10.1. The van der Waals surface area contributed by atoms with Gasteiger partial charge in [0.2, 0.25) is 5.82 Å². The number of halogens is 5. The van der Waals surface area contributed by atoms with Crippen molar-refractivity contribution in [3.63, 3.8) is 0 Å². The summed E-state index contributed by atoms with van der Waals surface area (Å²) in [5.41, 5.74) is -1.46. The fraction of sp³-hybridized carbons (Fsp3) is 0.125. The van der Waals surface area contributed by atoms with Gasteiger partial charge in [-0.1, -0.05) is 0 Å². The van der Waals surface area contributed by atoms with Crippen LogP contribution < -0.4 is 0 Å². The number of thiol groups is 1. The third kappa shape index (κ3) is 1.83. The summed E-state index contributed by atoms with van der Waals surface area (Å²) in [5.74, 6) is -12.8. The highest BCUT2D eigenvalue weighted by Gasteiger charge is 2.28. The van der Waals surface area contributed by atoms with Crippen LogP contribution in [0.15, 0.2) is 0 Å². The fourth-order valence-corrected chi connectivity index (χ4v) is 1.09. The molecule has 1 aromatic rings. The van der Waals surface area contributed by atoms with Crippen LogP contribution in [0.2, 0.25) is 0 Å². The van der Waals surface area contributed by atoms with Gasteiger partial charge in [0, 0.05) is 0 Å². The van der Waals surface area contributed by atoms with Crippen LogP contribution in [0.3, 0.4) is 0 Å². The maximum Gasteiger partial charge on any atom is 0.200 e. The third-order valence-corrected chi connectivity index (χ3v) is 1.92. The van der Waals surface area contributed by atoms with E-state index in [-0.39, 0.29) is 0 Å². The van der Waals surface area contributed by atoms with Crippen LogP contribution >= 0.6 is 12.6 Å². The van der Waals surface area contributed by atoms with Gasteiger partial charge in [0.05, 0.1) is 11.3 Å². The first-order valence-electron chi connectivity index (χ1n) is 3.57.